The van der Waals surface area contributed by atoms with E-state index in [1.807, 2.05) is 6.92 Å². The molecule has 4 heteroatoms. The Morgan fingerprint density at radius 3 is 2.85 bits per heavy atom. The van der Waals surface area contributed by atoms with Crippen molar-refractivity contribution in [2.75, 3.05) is 6.54 Å². The van der Waals surface area contributed by atoms with E-state index in [4.69, 9.17) is 5.73 Å². The first-order valence-corrected chi connectivity index (χ1v) is 5.20. The predicted molar refractivity (Wildman–Crippen MR) is 54.2 cm³/mol. The van der Waals surface area contributed by atoms with Crippen molar-refractivity contribution in [3.05, 3.63) is 15.6 Å². The Bertz CT molecular complexity index is 307. The molecule has 0 unspecified atom stereocenters. The van der Waals surface area contributed by atoms with Gasteiger partial charge in [-0.05, 0) is 19.8 Å². The molecule has 0 aromatic carbocycles. The summed E-state index contributed by atoms with van der Waals surface area (Å²) < 4.78 is 0. The highest BCUT2D eigenvalue weighted by Crippen LogP contribution is 2.19. The van der Waals surface area contributed by atoms with E-state index in [1.54, 1.807) is 0 Å². The van der Waals surface area contributed by atoms with Gasteiger partial charge in [-0.15, -0.1) is 11.3 Å². The van der Waals surface area contributed by atoms with Crippen LogP contribution < -0.4 is 5.73 Å². The van der Waals surface area contributed by atoms with Gasteiger partial charge < -0.3 is 5.73 Å². The molecule has 13 heavy (non-hydrogen) atoms. The van der Waals surface area contributed by atoms with E-state index in [-0.39, 0.29) is 12.3 Å². The Morgan fingerprint density at radius 2 is 2.31 bits per heavy atom. The van der Waals surface area contributed by atoms with Crippen LogP contribution >= 0.6 is 11.3 Å². The first-order chi connectivity index (χ1) is 6.19. The molecule has 0 aliphatic rings. The molecule has 0 atom stereocenters. The zero-order chi connectivity index (χ0) is 9.84. The van der Waals surface area contributed by atoms with E-state index in [9.17, 15) is 4.79 Å². The fourth-order valence-electron chi connectivity index (χ4n) is 1.12. The second-order valence-corrected chi connectivity index (χ2v) is 3.98. The summed E-state index contributed by atoms with van der Waals surface area (Å²) in [7, 11) is 0. The smallest absolute Gasteiger partial charge is 0.188 e. The Morgan fingerprint density at radius 1 is 1.62 bits per heavy atom. The van der Waals surface area contributed by atoms with Crippen molar-refractivity contribution >= 4 is 17.1 Å². The number of Topliss-reactive ketones (excluding diaryl/α,β-unsaturated/α-hetero) is 1. The van der Waals surface area contributed by atoms with Gasteiger partial charge in [0.1, 0.15) is 0 Å². The van der Waals surface area contributed by atoms with Crippen LogP contribution in [-0.4, -0.2) is 17.3 Å². The van der Waals surface area contributed by atoms with Crippen molar-refractivity contribution in [1.29, 1.82) is 0 Å². The largest absolute Gasteiger partial charge is 0.324 e. The highest BCUT2D eigenvalue weighted by atomic mass is 32.1. The minimum atomic E-state index is -0.00245. The van der Waals surface area contributed by atoms with Crippen molar-refractivity contribution in [3.63, 3.8) is 0 Å². The first-order valence-electron chi connectivity index (χ1n) is 4.38. The van der Waals surface area contributed by atoms with Gasteiger partial charge in [-0.2, -0.15) is 0 Å². The van der Waals surface area contributed by atoms with Crippen LogP contribution in [0.15, 0.2) is 0 Å². The molecule has 1 aromatic heterocycles. The monoisotopic (exact) mass is 198 g/mol. The molecule has 0 amide bonds. The highest BCUT2D eigenvalue weighted by molar-refractivity contribution is 7.13. The average molecular weight is 198 g/mol. The van der Waals surface area contributed by atoms with Crippen LogP contribution in [0, 0.1) is 6.92 Å². The number of carbonyl (C=O) groups excluding carboxylic acids is 1. The van der Waals surface area contributed by atoms with Gasteiger partial charge in [-0.25, -0.2) is 4.98 Å². The minimum absolute atomic E-state index is 0.00245. The number of aryl methyl sites for hydroxylation is 2. The SMILES string of the molecule is CCCc1nc(C)c(C(=O)CN)s1. The van der Waals surface area contributed by atoms with Crippen LogP contribution in [0.5, 0.6) is 0 Å². The number of rotatable bonds is 4. The van der Waals surface area contributed by atoms with E-state index in [2.05, 4.69) is 11.9 Å². The van der Waals surface area contributed by atoms with Crippen molar-refractivity contribution in [2.24, 2.45) is 5.73 Å². The maximum Gasteiger partial charge on any atom is 0.188 e. The lowest BCUT2D eigenvalue weighted by Gasteiger charge is -1.90. The summed E-state index contributed by atoms with van der Waals surface area (Å²) in [6.45, 7) is 4.04. The predicted octanol–water partition coefficient (Wildman–Crippen LogP) is 1.55. The fourth-order valence-corrected chi connectivity index (χ4v) is 2.24. The molecule has 0 saturated carbocycles. The van der Waals surface area contributed by atoms with Gasteiger partial charge in [0.05, 0.1) is 22.1 Å². The molecule has 72 valence electrons. The van der Waals surface area contributed by atoms with E-state index < -0.39 is 0 Å². The summed E-state index contributed by atoms with van der Waals surface area (Å²) in [4.78, 5) is 16.3. The third-order valence-corrected chi connectivity index (χ3v) is 3.00. The van der Waals surface area contributed by atoms with Crippen LogP contribution in [0.1, 0.15) is 33.7 Å². The second kappa shape index (κ2) is 4.48. The minimum Gasteiger partial charge on any atom is -0.324 e. The van der Waals surface area contributed by atoms with E-state index >= 15 is 0 Å². The Hall–Kier alpha value is -0.740. The molecule has 1 aromatic rings. The van der Waals surface area contributed by atoms with E-state index in [1.165, 1.54) is 11.3 Å². The van der Waals surface area contributed by atoms with Gasteiger partial charge in [-0.1, -0.05) is 6.92 Å². The zero-order valence-electron chi connectivity index (χ0n) is 7.96. The van der Waals surface area contributed by atoms with Crippen LogP contribution in [0.25, 0.3) is 0 Å². The Kier molecular flexibility index (Phi) is 3.57. The number of hydrogen-bond donors (Lipinski definition) is 1. The molecule has 1 rings (SSSR count). The number of thiazole rings is 1. The quantitative estimate of drug-likeness (QED) is 0.747. The van der Waals surface area contributed by atoms with Gasteiger partial charge in [0.2, 0.25) is 0 Å². The van der Waals surface area contributed by atoms with Crippen molar-refractivity contribution in [1.82, 2.24) is 4.98 Å². The van der Waals surface area contributed by atoms with Gasteiger partial charge in [0, 0.05) is 0 Å². The molecule has 3 nitrogen and oxygen atoms in total. The number of nitrogens with two attached hydrogens (primary N) is 1. The molecule has 2 N–H and O–H groups in total. The number of nitrogens with zero attached hydrogens (tertiary/aromatic N) is 1. The normalized spacial score (nSPS) is 10.4. The third kappa shape index (κ3) is 2.35. The van der Waals surface area contributed by atoms with Crippen LogP contribution in [0.2, 0.25) is 0 Å². The Balaban J connectivity index is 2.89. The molecule has 1 heterocycles. The molecule has 0 aliphatic heterocycles. The molecule has 0 spiro atoms. The van der Waals surface area contributed by atoms with Gasteiger partial charge in [0.15, 0.2) is 5.78 Å². The maximum atomic E-state index is 11.3. The molecule has 0 radical (unpaired) electrons. The summed E-state index contributed by atoms with van der Waals surface area (Å²) >= 11 is 1.48. The van der Waals surface area contributed by atoms with Gasteiger partial charge in [-0.3, -0.25) is 4.79 Å². The lowest BCUT2D eigenvalue weighted by molar-refractivity contribution is 0.100. The first kappa shape index (κ1) is 10.3. The highest BCUT2D eigenvalue weighted by Gasteiger charge is 2.12. The van der Waals surface area contributed by atoms with Crippen LogP contribution in [-0.2, 0) is 6.42 Å². The molecule has 0 saturated heterocycles. The van der Waals surface area contributed by atoms with Crippen LogP contribution in [0.3, 0.4) is 0 Å². The number of aromatic nitrogens is 1. The van der Waals surface area contributed by atoms with Gasteiger partial charge >= 0.3 is 0 Å². The van der Waals surface area contributed by atoms with Crippen molar-refractivity contribution in [2.45, 2.75) is 26.7 Å². The zero-order valence-corrected chi connectivity index (χ0v) is 8.78. The second-order valence-electron chi connectivity index (χ2n) is 2.90. The molecular formula is C9H14N2OS. The van der Waals surface area contributed by atoms with Crippen LogP contribution in [0.4, 0.5) is 0 Å². The number of carbonyl (C=O) groups is 1. The summed E-state index contributed by atoms with van der Waals surface area (Å²) in [5.41, 5.74) is 6.11. The number of hydrogen-bond acceptors (Lipinski definition) is 4. The fraction of sp³-hybridized carbons (Fsp3) is 0.556. The summed E-state index contributed by atoms with van der Waals surface area (Å²) in [5.74, 6) is -0.00245. The summed E-state index contributed by atoms with van der Waals surface area (Å²) in [6.07, 6.45) is 2.01. The van der Waals surface area contributed by atoms with Crippen molar-refractivity contribution < 1.29 is 4.79 Å². The molecular weight excluding hydrogens is 184 g/mol. The third-order valence-electron chi connectivity index (χ3n) is 1.74. The Labute approximate surface area is 82.0 Å². The lowest BCUT2D eigenvalue weighted by Crippen LogP contribution is -2.13. The molecule has 0 bridgehead atoms. The van der Waals surface area contributed by atoms with E-state index in [0.29, 0.717) is 0 Å². The standard InChI is InChI=1S/C9H14N2OS/c1-3-4-8-11-6(2)9(13-8)7(12)5-10/h3-5,10H2,1-2H3. The molecule has 0 aliphatic carbocycles. The topological polar surface area (TPSA) is 56.0 Å². The summed E-state index contributed by atoms with van der Waals surface area (Å²) in [6, 6.07) is 0. The number of ketones is 1. The van der Waals surface area contributed by atoms with Gasteiger partial charge in [0.25, 0.3) is 0 Å². The average Bonchev–Trinajstić information content (AvgIpc) is 2.46. The van der Waals surface area contributed by atoms with Crippen molar-refractivity contribution in [3.8, 4) is 0 Å². The lowest BCUT2D eigenvalue weighted by atomic mass is 10.3. The summed E-state index contributed by atoms with van der Waals surface area (Å²) in [5, 5.41) is 1.04. The maximum absolute atomic E-state index is 11.3. The van der Waals surface area contributed by atoms with E-state index in [0.717, 1.165) is 28.4 Å². The molecule has 0 fully saturated rings.